The fraction of sp³-hybridized carbons (Fsp3) is 0.500. The average molecular weight is 345 g/mol. The van der Waals surface area contributed by atoms with Gasteiger partial charge in [0.15, 0.2) is 9.84 Å². The molecule has 5 N–H and O–H groups in total. The Kier molecular flexibility index (Phi) is 5.35. The standard InChI is InChI=1S/C14H20FN3O4S/c1-2-3-11(19)17-12-13(18-20)14(12)23(21,22)9-4-5-10(15)8(6-9)7-16/h4-6,12-14,18,20H,2-3,7,16H2,1H3,(H,17,19)/t12-,13?,14+/m0/s1. The highest BCUT2D eigenvalue weighted by atomic mass is 32.2. The summed E-state index contributed by atoms with van der Waals surface area (Å²) in [4.78, 5) is 11.5. The van der Waals surface area contributed by atoms with Crippen LogP contribution in [0, 0.1) is 5.82 Å². The summed E-state index contributed by atoms with van der Waals surface area (Å²) in [7, 11) is -3.85. The van der Waals surface area contributed by atoms with Crippen LogP contribution < -0.4 is 16.5 Å². The van der Waals surface area contributed by atoms with Gasteiger partial charge in [-0.05, 0) is 24.6 Å². The van der Waals surface area contributed by atoms with Crippen LogP contribution in [0.4, 0.5) is 4.39 Å². The Bertz CT molecular complexity index is 695. The lowest BCUT2D eigenvalue weighted by molar-refractivity contribution is -0.121. The van der Waals surface area contributed by atoms with Gasteiger partial charge in [-0.1, -0.05) is 6.92 Å². The molecule has 2 rings (SSSR count). The van der Waals surface area contributed by atoms with E-state index in [2.05, 4.69) is 5.32 Å². The molecule has 0 aliphatic heterocycles. The van der Waals surface area contributed by atoms with Crippen LogP contribution in [0.25, 0.3) is 0 Å². The van der Waals surface area contributed by atoms with Crippen LogP contribution in [0.5, 0.6) is 0 Å². The van der Waals surface area contributed by atoms with Crippen LogP contribution in [-0.4, -0.2) is 36.9 Å². The first kappa shape index (κ1) is 17.8. The second kappa shape index (κ2) is 6.91. The number of benzene rings is 1. The number of carbonyl (C=O) groups is 1. The van der Waals surface area contributed by atoms with Crippen molar-refractivity contribution in [3.8, 4) is 0 Å². The average Bonchev–Trinajstić information content (AvgIpc) is 3.21. The van der Waals surface area contributed by atoms with Gasteiger partial charge in [-0.15, -0.1) is 0 Å². The second-order valence-corrected chi connectivity index (χ2v) is 7.57. The van der Waals surface area contributed by atoms with Gasteiger partial charge in [0.25, 0.3) is 0 Å². The van der Waals surface area contributed by atoms with E-state index in [0.717, 1.165) is 12.1 Å². The topological polar surface area (TPSA) is 122 Å². The molecule has 0 aromatic heterocycles. The van der Waals surface area contributed by atoms with E-state index >= 15 is 0 Å². The van der Waals surface area contributed by atoms with Gasteiger partial charge in [-0.2, -0.15) is 5.48 Å². The van der Waals surface area contributed by atoms with Crippen LogP contribution in [0.2, 0.25) is 0 Å². The molecular weight excluding hydrogens is 325 g/mol. The van der Waals surface area contributed by atoms with Gasteiger partial charge in [-0.3, -0.25) is 4.79 Å². The monoisotopic (exact) mass is 345 g/mol. The molecular formula is C14H20FN3O4S. The lowest BCUT2D eigenvalue weighted by atomic mass is 10.2. The smallest absolute Gasteiger partial charge is 0.220 e. The largest absolute Gasteiger partial charge is 0.350 e. The third-order valence-electron chi connectivity index (χ3n) is 3.83. The molecule has 1 aromatic rings. The molecule has 1 fully saturated rings. The zero-order valence-electron chi connectivity index (χ0n) is 12.6. The normalized spacial score (nSPS) is 23.6. The van der Waals surface area contributed by atoms with E-state index in [1.807, 2.05) is 12.4 Å². The molecule has 23 heavy (non-hydrogen) atoms. The molecule has 0 heterocycles. The summed E-state index contributed by atoms with van der Waals surface area (Å²) in [5.74, 6) is -0.857. The number of carbonyl (C=O) groups excluding carboxylic acids is 1. The van der Waals surface area contributed by atoms with Crippen molar-refractivity contribution in [2.45, 2.75) is 48.5 Å². The van der Waals surface area contributed by atoms with Crippen molar-refractivity contribution >= 4 is 15.7 Å². The highest BCUT2D eigenvalue weighted by Crippen LogP contribution is 2.35. The lowest BCUT2D eigenvalue weighted by Crippen LogP contribution is -2.31. The summed E-state index contributed by atoms with van der Waals surface area (Å²) in [6, 6.07) is 1.86. The van der Waals surface area contributed by atoms with Gasteiger partial charge in [-0.25, -0.2) is 12.8 Å². The molecule has 1 saturated carbocycles. The van der Waals surface area contributed by atoms with Crippen molar-refractivity contribution in [3.05, 3.63) is 29.6 Å². The predicted octanol–water partition coefficient (Wildman–Crippen LogP) is 0.0726. The molecule has 0 spiro atoms. The highest BCUT2D eigenvalue weighted by molar-refractivity contribution is 7.92. The summed E-state index contributed by atoms with van der Waals surface area (Å²) in [6.45, 7) is 1.70. The summed E-state index contributed by atoms with van der Waals surface area (Å²) in [5.41, 5.74) is 7.39. The summed E-state index contributed by atoms with van der Waals surface area (Å²) >= 11 is 0. The van der Waals surface area contributed by atoms with E-state index in [9.17, 15) is 17.6 Å². The van der Waals surface area contributed by atoms with Crippen LogP contribution >= 0.6 is 0 Å². The number of sulfone groups is 1. The summed E-state index contributed by atoms with van der Waals surface area (Å²) < 4.78 is 38.7. The van der Waals surface area contributed by atoms with Gasteiger partial charge in [0.2, 0.25) is 5.91 Å². The Morgan fingerprint density at radius 1 is 1.39 bits per heavy atom. The Hall–Kier alpha value is -1.55. The molecule has 1 aliphatic rings. The second-order valence-electron chi connectivity index (χ2n) is 5.47. The molecule has 1 unspecified atom stereocenters. The van der Waals surface area contributed by atoms with Crippen LogP contribution in [-0.2, 0) is 21.2 Å². The van der Waals surface area contributed by atoms with E-state index in [-0.39, 0.29) is 29.3 Å². The fourth-order valence-electron chi connectivity index (χ4n) is 2.52. The predicted molar refractivity (Wildman–Crippen MR) is 80.8 cm³/mol. The van der Waals surface area contributed by atoms with Crippen molar-refractivity contribution in [2.24, 2.45) is 5.73 Å². The molecule has 9 heteroatoms. The van der Waals surface area contributed by atoms with Gasteiger partial charge in [0.1, 0.15) is 11.1 Å². The number of hydrogen-bond acceptors (Lipinski definition) is 6. The first-order valence-corrected chi connectivity index (χ1v) is 8.82. The minimum absolute atomic E-state index is 0.0863. The molecule has 0 saturated heterocycles. The number of amides is 1. The quantitative estimate of drug-likeness (QED) is 0.410. The zero-order valence-corrected chi connectivity index (χ0v) is 13.4. The van der Waals surface area contributed by atoms with E-state index in [1.54, 1.807) is 0 Å². The fourth-order valence-corrected chi connectivity index (χ4v) is 4.55. The third kappa shape index (κ3) is 3.52. The number of halogens is 1. The molecule has 1 amide bonds. The first-order valence-electron chi connectivity index (χ1n) is 7.28. The molecule has 3 atom stereocenters. The van der Waals surface area contributed by atoms with Crippen molar-refractivity contribution in [2.75, 3.05) is 0 Å². The Morgan fingerprint density at radius 2 is 2.09 bits per heavy atom. The minimum atomic E-state index is -3.85. The summed E-state index contributed by atoms with van der Waals surface area (Å²) in [5, 5.41) is 10.7. The van der Waals surface area contributed by atoms with Crippen molar-refractivity contribution in [1.29, 1.82) is 0 Å². The molecule has 1 aliphatic carbocycles. The van der Waals surface area contributed by atoms with Gasteiger partial charge in [0.05, 0.1) is 17.0 Å². The Labute approximate surface area is 133 Å². The lowest BCUT2D eigenvalue weighted by Gasteiger charge is -2.07. The molecule has 0 radical (unpaired) electrons. The maximum Gasteiger partial charge on any atom is 0.220 e. The van der Waals surface area contributed by atoms with Gasteiger partial charge in [0, 0.05) is 18.5 Å². The van der Waals surface area contributed by atoms with Crippen LogP contribution in [0.15, 0.2) is 23.1 Å². The van der Waals surface area contributed by atoms with E-state index < -0.39 is 33.0 Å². The maximum absolute atomic E-state index is 13.5. The number of hydrogen-bond donors (Lipinski definition) is 4. The minimum Gasteiger partial charge on any atom is -0.350 e. The van der Waals surface area contributed by atoms with Gasteiger partial charge < -0.3 is 16.3 Å². The van der Waals surface area contributed by atoms with Crippen molar-refractivity contribution in [3.63, 3.8) is 0 Å². The maximum atomic E-state index is 13.5. The van der Waals surface area contributed by atoms with E-state index in [1.165, 1.54) is 6.07 Å². The SMILES string of the molecule is CCCC(=O)N[C@H]1C(NO)[C@@H]1S(=O)(=O)c1ccc(F)c(CN)c1. The number of hydroxylamine groups is 1. The van der Waals surface area contributed by atoms with Crippen LogP contribution in [0.1, 0.15) is 25.3 Å². The number of nitrogens with one attached hydrogen (secondary N) is 2. The third-order valence-corrected chi connectivity index (χ3v) is 6.05. The van der Waals surface area contributed by atoms with Crippen molar-refractivity contribution in [1.82, 2.24) is 10.8 Å². The summed E-state index contributed by atoms with van der Waals surface area (Å²) in [6.07, 6.45) is 0.903. The molecule has 128 valence electrons. The zero-order chi connectivity index (χ0) is 17.2. The molecule has 1 aromatic carbocycles. The number of nitrogens with two attached hydrogens (primary N) is 1. The Morgan fingerprint density at radius 3 is 2.65 bits per heavy atom. The van der Waals surface area contributed by atoms with E-state index in [0.29, 0.717) is 6.42 Å². The first-order chi connectivity index (χ1) is 10.9. The molecule has 7 nitrogen and oxygen atoms in total. The Balaban J connectivity index is 2.24. The van der Waals surface area contributed by atoms with Crippen molar-refractivity contribution < 1.29 is 22.8 Å². The molecule has 0 bridgehead atoms. The van der Waals surface area contributed by atoms with Crippen LogP contribution in [0.3, 0.4) is 0 Å². The van der Waals surface area contributed by atoms with E-state index in [4.69, 9.17) is 10.9 Å². The number of rotatable bonds is 7. The highest BCUT2D eigenvalue weighted by Gasteiger charge is 2.59. The van der Waals surface area contributed by atoms with Gasteiger partial charge >= 0.3 is 0 Å².